The van der Waals surface area contributed by atoms with E-state index in [1.165, 1.54) is 64.0 Å². The Morgan fingerprint density at radius 1 is 0.340 bits per heavy atom. The molecular weight excluding hydrogens is 663 g/mol. The first-order valence-corrected chi connectivity index (χ1v) is 18.8. The van der Waals surface area contributed by atoms with Crippen LogP contribution in [-0.4, -0.2) is 0 Å². The first-order valence-electron chi connectivity index (χ1n) is 18.0. The molecule has 0 unspecified atom stereocenters. The second-order valence-electron chi connectivity index (χ2n) is 13.7. The zero-order chi connectivity index (χ0) is 34.9. The zero-order valence-electron chi connectivity index (χ0n) is 28.7. The highest BCUT2D eigenvalue weighted by Crippen LogP contribution is 2.41. The first-order chi connectivity index (χ1) is 26.2. The maximum Gasteiger partial charge on any atom is 0.135 e. The van der Waals surface area contributed by atoms with Crippen molar-refractivity contribution >= 4 is 92.1 Å². The number of nitrogens with zero attached hydrogens (tertiary/aromatic N) is 1. The molecule has 0 N–H and O–H groups in total. The van der Waals surface area contributed by atoms with Gasteiger partial charge in [-0.2, -0.15) is 0 Å². The molecule has 0 aliphatic carbocycles. The molecule has 2 aromatic heterocycles. The van der Waals surface area contributed by atoms with Crippen LogP contribution in [0.2, 0.25) is 0 Å². The molecule has 0 saturated heterocycles. The SMILES string of the molecule is c1ccc2c(-c3ccc(N(c4ccc(-c5ccc6cc7c(cc6c5)sc5ccccc57)cc4)c4ccc5oc6ccccc6c5c4)cc3)cccc2c1. The summed E-state index contributed by atoms with van der Waals surface area (Å²) in [6.45, 7) is 0. The van der Waals surface area contributed by atoms with Gasteiger partial charge in [0.05, 0.1) is 0 Å². The summed E-state index contributed by atoms with van der Waals surface area (Å²) in [5, 5.41) is 9.93. The van der Waals surface area contributed by atoms with E-state index in [0.29, 0.717) is 0 Å². The lowest BCUT2D eigenvalue weighted by atomic mass is 9.98. The van der Waals surface area contributed by atoms with E-state index in [9.17, 15) is 0 Å². The van der Waals surface area contributed by atoms with E-state index in [-0.39, 0.29) is 0 Å². The minimum absolute atomic E-state index is 0.890. The summed E-state index contributed by atoms with van der Waals surface area (Å²) in [4.78, 5) is 2.34. The van der Waals surface area contributed by atoms with Gasteiger partial charge < -0.3 is 9.32 Å². The van der Waals surface area contributed by atoms with Gasteiger partial charge in [0.15, 0.2) is 0 Å². The van der Waals surface area contributed by atoms with Crippen molar-refractivity contribution in [2.75, 3.05) is 4.90 Å². The minimum atomic E-state index is 0.890. The van der Waals surface area contributed by atoms with Crippen molar-refractivity contribution in [1.29, 1.82) is 0 Å². The van der Waals surface area contributed by atoms with Crippen molar-refractivity contribution < 1.29 is 4.42 Å². The maximum absolute atomic E-state index is 6.21. The van der Waals surface area contributed by atoms with Crippen LogP contribution in [0.3, 0.4) is 0 Å². The Bertz CT molecular complexity index is 3160. The predicted octanol–water partition coefficient (Wildman–Crippen LogP) is 15.1. The predicted molar refractivity (Wildman–Crippen MR) is 227 cm³/mol. The molecule has 0 radical (unpaired) electrons. The van der Waals surface area contributed by atoms with Crippen molar-refractivity contribution in [2.45, 2.75) is 0 Å². The first kappa shape index (κ1) is 30.0. The van der Waals surface area contributed by atoms with Crippen LogP contribution < -0.4 is 4.90 Å². The van der Waals surface area contributed by atoms with Crippen LogP contribution >= 0.6 is 11.3 Å². The third-order valence-corrected chi connectivity index (χ3v) is 11.8. The number of para-hydroxylation sites is 1. The van der Waals surface area contributed by atoms with Gasteiger partial charge in [-0.15, -0.1) is 11.3 Å². The van der Waals surface area contributed by atoms with Gasteiger partial charge in [-0.05, 0) is 117 Å². The fraction of sp³-hybridized carbons (Fsp3) is 0. The smallest absolute Gasteiger partial charge is 0.135 e. The molecule has 2 nitrogen and oxygen atoms in total. The highest BCUT2D eigenvalue weighted by atomic mass is 32.1. The van der Waals surface area contributed by atoms with Crippen LogP contribution in [0.25, 0.3) is 85.9 Å². The van der Waals surface area contributed by atoms with Crippen LogP contribution in [0.5, 0.6) is 0 Å². The van der Waals surface area contributed by atoms with Gasteiger partial charge in [-0.1, -0.05) is 115 Å². The molecule has 0 saturated carbocycles. The fourth-order valence-corrected chi connectivity index (χ4v) is 9.15. The number of hydrogen-bond donors (Lipinski definition) is 0. The largest absolute Gasteiger partial charge is 0.456 e. The number of thiophene rings is 1. The van der Waals surface area contributed by atoms with E-state index < -0.39 is 0 Å². The molecule has 0 aliphatic rings. The molecule has 0 bridgehead atoms. The zero-order valence-corrected chi connectivity index (χ0v) is 29.5. The molecule has 0 amide bonds. The van der Waals surface area contributed by atoms with E-state index in [2.05, 4.69) is 181 Å². The topological polar surface area (TPSA) is 16.4 Å². The third kappa shape index (κ3) is 5.01. The molecule has 0 fully saturated rings. The van der Waals surface area contributed by atoms with Crippen molar-refractivity contribution in [1.82, 2.24) is 0 Å². The average molecular weight is 694 g/mol. The molecule has 9 aromatic carbocycles. The lowest BCUT2D eigenvalue weighted by Crippen LogP contribution is -2.09. The molecule has 0 spiro atoms. The van der Waals surface area contributed by atoms with Crippen molar-refractivity contribution in [3.8, 4) is 22.3 Å². The Morgan fingerprint density at radius 3 is 1.85 bits per heavy atom. The summed E-state index contributed by atoms with van der Waals surface area (Å²) in [6, 6.07) is 68.1. The van der Waals surface area contributed by atoms with Crippen LogP contribution in [0, 0.1) is 0 Å². The molecule has 248 valence electrons. The van der Waals surface area contributed by atoms with Crippen molar-refractivity contribution in [3.05, 3.63) is 188 Å². The summed E-state index contributed by atoms with van der Waals surface area (Å²) < 4.78 is 8.88. The number of anilines is 3. The van der Waals surface area contributed by atoms with E-state index >= 15 is 0 Å². The quantitative estimate of drug-likeness (QED) is 0.178. The molecule has 11 aromatic rings. The van der Waals surface area contributed by atoms with Gasteiger partial charge >= 0.3 is 0 Å². The number of benzene rings is 9. The van der Waals surface area contributed by atoms with Gasteiger partial charge in [0.2, 0.25) is 0 Å². The van der Waals surface area contributed by atoms with Crippen molar-refractivity contribution in [3.63, 3.8) is 0 Å². The lowest BCUT2D eigenvalue weighted by molar-refractivity contribution is 0.669. The molecule has 3 heteroatoms. The monoisotopic (exact) mass is 693 g/mol. The van der Waals surface area contributed by atoms with E-state index in [0.717, 1.165) is 39.0 Å². The van der Waals surface area contributed by atoms with Crippen LogP contribution in [0.1, 0.15) is 0 Å². The molecule has 0 atom stereocenters. The second-order valence-corrected chi connectivity index (χ2v) is 14.8. The van der Waals surface area contributed by atoms with Crippen LogP contribution in [0.4, 0.5) is 17.1 Å². The molecular formula is C50H31NOS. The average Bonchev–Trinajstić information content (AvgIpc) is 3.78. The number of hydrogen-bond acceptors (Lipinski definition) is 3. The summed E-state index contributed by atoms with van der Waals surface area (Å²) in [5.41, 5.74) is 9.88. The van der Waals surface area contributed by atoms with Gasteiger partial charge in [0, 0.05) is 48.0 Å². The van der Waals surface area contributed by atoms with Gasteiger partial charge in [-0.3, -0.25) is 0 Å². The van der Waals surface area contributed by atoms with Crippen LogP contribution in [-0.2, 0) is 0 Å². The maximum atomic E-state index is 6.21. The summed E-state index contributed by atoms with van der Waals surface area (Å²) in [5.74, 6) is 0. The standard InChI is InChI=1S/C50H31NOS/c1-2-10-41-33(8-1)9-7-13-42(41)34-20-24-39(25-21-34)51(40-26-27-48-45(31-40)43-11-3-5-14-47(43)52-48)38-22-18-32(19-23-38)35-16-17-36-29-46-44-12-4-6-15-49(44)53-50(46)30-37(36)28-35/h1-31H. The Hall–Kier alpha value is -6.68. The van der Waals surface area contributed by atoms with Gasteiger partial charge in [0.1, 0.15) is 11.2 Å². The number of furan rings is 1. The fourth-order valence-electron chi connectivity index (χ4n) is 8.02. The number of fused-ring (bicyclic) bond motifs is 8. The van der Waals surface area contributed by atoms with E-state index in [4.69, 9.17) is 4.42 Å². The van der Waals surface area contributed by atoms with Crippen LogP contribution in [0.15, 0.2) is 192 Å². The van der Waals surface area contributed by atoms with E-state index in [1.807, 2.05) is 23.5 Å². The summed E-state index contributed by atoms with van der Waals surface area (Å²) in [6.07, 6.45) is 0. The second kappa shape index (κ2) is 11.9. The molecule has 53 heavy (non-hydrogen) atoms. The normalized spacial score (nSPS) is 11.8. The van der Waals surface area contributed by atoms with Crippen molar-refractivity contribution in [2.24, 2.45) is 0 Å². The molecule has 0 aliphatic heterocycles. The Balaban J connectivity index is 1.00. The number of rotatable bonds is 5. The Morgan fingerprint density at radius 2 is 1.00 bits per heavy atom. The molecule has 2 heterocycles. The van der Waals surface area contributed by atoms with Gasteiger partial charge in [-0.25, -0.2) is 0 Å². The minimum Gasteiger partial charge on any atom is -0.456 e. The van der Waals surface area contributed by atoms with Gasteiger partial charge in [0.25, 0.3) is 0 Å². The summed E-state index contributed by atoms with van der Waals surface area (Å²) >= 11 is 1.87. The highest BCUT2D eigenvalue weighted by molar-refractivity contribution is 7.25. The Kier molecular flexibility index (Phi) is 6.76. The summed E-state index contributed by atoms with van der Waals surface area (Å²) in [7, 11) is 0. The highest BCUT2D eigenvalue weighted by Gasteiger charge is 2.17. The molecule has 11 rings (SSSR count). The van der Waals surface area contributed by atoms with E-state index in [1.54, 1.807) is 0 Å². The Labute approximate surface area is 310 Å². The third-order valence-electron chi connectivity index (χ3n) is 10.6. The lowest BCUT2D eigenvalue weighted by Gasteiger charge is -2.26.